The van der Waals surface area contributed by atoms with Crippen LogP contribution >= 0.6 is 0 Å². The number of methoxy groups -OCH3 is 1. The second kappa shape index (κ2) is 12.2. The summed E-state index contributed by atoms with van der Waals surface area (Å²) in [5.74, 6) is 1.76. The largest absolute Gasteiger partial charge is 0.346 e. The van der Waals surface area contributed by atoms with Gasteiger partial charge >= 0.3 is 0 Å². The number of Topliss-reactive ketones (excluding diaryl/α,β-unsaturated/α-hetero) is 1. The van der Waals surface area contributed by atoms with Crippen LogP contribution in [0.1, 0.15) is 126 Å². The van der Waals surface area contributed by atoms with E-state index in [1.165, 1.54) is 51.4 Å². The Hall–Kier alpha value is -0.930. The standard InChI is InChI=1S/C30H52O3/c1-21(2)13-10-14-22(3)15-11-16-23(4)17-12-19-29(8)20-18-27-25(6)28(31)24(5)26(7)30(27,32-9)33-29/h21-23H,10-20H2,1-9H3. The molecule has 1 fully saturated rings. The summed E-state index contributed by atoms with van der Waals surface area (Å²) in [7, 11) is 1.72. The molecule has 0 aromatic carbocycles. The van der Waals surface area contributed by atoms with Crippen LogP contribution in [0.15, 0.2) is 22.3 Å². The monoisotopic (exact) mass is 460 g/mol. The minimum absolute atomic E-state index is 0.144. The van der Waals surface area contributed by atoms with E-state index < -0.39 is 5.79 Å². The molecule has 33 heavy (non-hydrogen) atoms. The van der Waals surface area contributed by atoms with Crippen LogP contribution in [0.3, 0.4) is 0 Å². The zero-order valence-corrected chi connectivity index (χ0v) is 23.2. The minimum atomic E-state index is -0.855. The predicted molar refractivity (Wildman–Crippen MR) is 139 cm³/mol. The average Bonchev–Trinajstić information content (AvgIpc) is 2.75. The van der Waals surface area contributed by atoms with Crippen LogP contribution in [0.2, 0.25) is 0 Å². The lowest BCUT2D eigenvalue weighted by atomic mass is 9.75. The van der Waals surface area contributed by atoms with Gasteiger partial charge in [-0.1, -0.05) is 79.1 Å². The van der Waals surface area contributed by atoms with E-state index in [2.05, 4.69) is 34.6 Å². The molecule has 4 unspecified atom stereocenters. The number of allylic oxidation sites excluding steroid dienone is 2. The van der Waals surface area contributed by atoms with Crippen LogP contribution in [0.25, 0.3) is 0 Å². The van der Waals surface area contributed by atoms with Crippen LogP contribution in [0, 0.1) is 17.8 Å². The highest BCUT2D eigenvalue weighted by Crippen LogP contribution is 2.50. The van der Waals surface area contributed by atoms with E-state index >= 15 is 0 Å². The summed E-state index contributed by atoms with van der Waals surface area (Å²) >= 11 is 0. The van der Waals surface area contributed by atoms with Crippen molar-refractivity contribution in [1.82, 2.24) is 0 Å². The first-order valence-corrected chi connectivity index (χ1v) is 13.6. The first kappa shape index (κ1) is 28.3. The Balaban J connectivity index is 1.82. The third-order valence-corrected chi connectivity index (χ3v) is 8.44. The molecule has 1 saturated heterocycles. The first-order valence-electron chi connectivity index (χ1n) is 13.6. The van der Waals surface area contributed by atoms with Crippen molar-refractivity contribution < 1.29 is 14.3 Å². The first-order chi connectivity index (χ1) is 15.5. The minimum Gasteiger partial charge on any atom is -0.346 e. The topological polar surface area (TPSA) is 35.5 Å². The Kier molecular flexibility index (Phi) is 10.4. The summed E-state index contributed by atoms with van der Waals surface area (Å²) in [6, 6.07) is 0. The summed E-state index contributed by atoms with van der Waals surface area (Å²) < 4.78 is 12.8. The average molecular weight is 461 g/mol. The molecule has 0 bridgehead atoms. The van der Waals surface area contributed by atoms with Crippen LogP contribution in [-0.4, -0.2) is 24.3 Å². The maximum atomic E-state index is 12.6. The van der Waals surface area contributed by atoms with Gasteiger partial charge in [-0.25, -0.2) is 0 Å². The molecule has 4 atom stereocenters. The Morgan fingerprint density at radius 1 is 0.879 bits per heavy atom. The Bertz CT molecular complexity index is 731. The molecule has 0 amide bonds. The highest BCUT2D eigenvalue weighted by atomic mass is 16.7. The van der Waals surface area contributed by atoms with Gasteiger partial charge in [-0.05, 0) is 70.3 Å². The van der Waals surface area contributed by atoms with Gasteiger partial charge < -0.3 is 9.47 Å². The summed E-state index contributed by atoms with van der Waals surface area (Å²) in [5.41, 5.74) is 3.33. The van der Waals surface area contributed by atoms with Crippen molar-refractivity contribution in [2.45, 2.75) is 137 Å². The molecule has 0 aromatic heterocycles. The van der Waals surface area contributed by atoms with E-state index in [9.17, 15) is 4.79 Å². The van der Waals surface area contributed by atoms with Gasteiger partial charge in [0.1, 0.15) is 0 Å². The molecule has 1 aliphatic heterocycles. The van der Waals surface area contributed by atoms with Gasteiger partial charge in [-0.3, -0.25) is 4.79 Å². The van der Waals surface area contributed by atoms with Crippen molar-refractivity contribution in [2.75, 3.05) is 7.11 Å². The van der Waals surface area contributed by atoms with Gasteiger partial charge in [0.05, 0.1) is 5.60 Å². The normalized spacial score (nSPS) is 27.9. The molecule has 3 heteroatoms. The van der Waals surface area contributed by atoms with E-state index in [1.54, 1.807) is 7.11 Å². The third kappa shape index (κ3) is 7.04. The molecular weight excluding hydrogens is 408 g/mol. The second-order valence-electron chi connectivity index (χ2n) is 11.9. The molecule has 0 N–H and O–H groups in total. The number of carbonyl (C=O) groups is 1. The molecule has 0 radical (unpaired) electrons. The summed E-state index contributed by atoms with van der Waals surface area (Å²) in [4.78, 5) is 12.6. The van der Waals surface area contributed by atoms with Crippen molar-refractivity contribution in [3.05, 3.63) is 22.3 Å². The lowest BCUT2D eigenvalue weighted by Crippen LogP contribution is -2.53. The molecule has 1 heterocycles. The van der Waals surface area contributed by atoms with Gasteiger partial charge in [0.15, 0.2) is 5.78 Å². The van der Waals surface area contributed by atoms with E-state index in [1.807, 2.05) is 20.8 Å². The summed E-state index contributed by atoms with van der Waals surface area (Å²) in [5, 5.41) is 0. The summed E-state index contributed by atoms with van der Waals surface area (Å²) in [6.07, 6.45) is 13.5. The number of rotatable bonds is 13. The Morgan fingerprint density at radius 3 is 1.97 bits per heavy atom. The number of hydrogen-bond acceptors (Lipinski definition) is 3. The summed E-state index contributed by atoms with van der Waals surface area (Å²) in [6.45, 7) is 17.6. The van der Waals surface area contributed by atoms with E-state index in [-0.39, 0.29) is 11.4 Å². The van der Waals surface area contributed by atoms with Crippen molar-refractivity contribution in [1.29, 1.82) is 0 Å². The lowest BCUT2D eigenvalue weighted by Gasteiger charge is -2.50. The van der Waals surface area contributed by atoms with Crippen molar-refractivity contribution >= 4 is 5.78 Å². The molecule has 0 aromatic rings. The molecular formula is C30H52O3. The smallest absolute Gasteiger partial charge is 0.215 e. The fraction of sp³-hybridized carbons (Fsp3) is 0.833. The molecule has 2 rings (SSSR count). The van der Waals surface area contributed by atoms with Crippen LogP contribution < -0.4 is 0 Å². The lowest BCUT2D eigenvalue weighted by molar-refractivity contribution is -0.253. The van der Waals surface area contributed by atoms with Crippen LogP contribution in [0.4, 0.5) is 0 Å². The van der Waals surface area contributed by atoms with E-state index in [0.29, 0.717) is 0 Å². The number of carbonyl (C=O) groups excluding carboxylic acids is 1. The van der Waals surface area contributed by atoms with Crippen molar-refractivity contribution in [3.63, 3.8) is 0 Å². The van der Waals surface area contributed by atoms with E-state index in [4.69, 9.17) is 9.47 Å². The highest BCUT2D eigenvalue weighted by molar-refractivity contribution is 6.10. The maximum absolute atomic E-state index is 12.6. The van der Waals surface area contributed by atoms with E-state index in [0.717, 1.165) is 59.3 Å². The number of hydrogen-bond donors (Lipinski definition) is 0. The fourth-order valence-electron chi connectivity index (χ4n) is 5.88. The molecule has 2 aliphatic rings. The van der Waals surface area contributed by atoms with Gasteiger partial charge in [0, 0.05) is 23.8 Å². The van der Waals surface area contributed by atoms with Gasteiger partial charge in [0.2, 0.25) is 5.79 Å². The van der Waals surface area contributed by atoms with Gasteiger partial charge in [0.25, 0.3) is 0 Å². The molecule has 190 valence electrons. The van der Waals surface area contributed by atoms with Crippen LogP contribution in [0.5, 0.6) is 0 Å². The SMILES string of the molecule is COC12OC(C)(CCCC(C)CCCC(C)CCCC(C)C)CCC1=C(C)C(=O)C(C)=C2C. The zero-order chi connectivity index (χ0) is 24.8. The number of ether oxygens (including phenoxy) is 2. The van der Waals surface area contributed by atoms with Gasteiger partial charge in [-0.2, -0.15) is 0 Å². The Labute approximate surface area is 204 Å². The molecule has 3 nitrogen and oxygen atoms in total. The Morgan fingerprint density at radius 2 is 1.42 bits per heavy atom. The van der Waals surface area contributed by atoms with Crippen molar-refractivity contribution in [3.8, 4) is 0 Å². The van der Waals surface area contributed by atoms with Crippen molar-refractivity contribution in [2.24, 2.45) is 17.8 Å². The van der Waals surface area contributed by atoms with Crippen LogP contribution in [-0.2, 0) is 14.3 Å². The molecule has 0 saturated carbocycles. The maximum Gasteiger partial charge on any atom is 0.215 e. The second-order valence-corrected chi connectivity index (χ2v) is 11.9. The van der Waals surface area contributed by atoms with Gasteiger partial charge in [-0.15, -0.1) is 0 Å². The fourth-order valence-corrected chi connectivity index (χ4v) is 5.88. The number of fused-ring (bicyclic) bond motifs is 1. The third-order valence-electron chi connectivity index (χ3n) is 8.44. The molecule has 0 spiro atoms. The highest BCUT2D eigenvalue weighted by Gasteiger charge is 2.51. The predicted octanol–water partition coefficient (Wildman–Crippen LogP) is 8.57. The zero-order valence-electron chi connectivity index (χ0n) is 23.2. The molecule has 1 aliphatic carbocycles. The quantitative estimate of drug-likeness (QED) is 0.276. The number of ketones is 1.